The van der Waals surface area contributed by atoms with Crippen LogP contribution in [0.25, 0.3) is 10.9 Å². The Balaban J connectivity index is 1.83. The van der Waals surface area contributed by atoms with Crippen molar-refractivity contribution in [1.82, 2.24) is 14.8 Å². The number of rotatable bonds is 4. The van der Waals surface area contributed by atoms with E-state index in [1.165, 1.54) is 0 Å². The van der Waals surface area contributed by atoms with Gasteiger partial charge in [-0.1, -0.05) is 17.7 Å². The topological polar surface area (TPSA) is 85.9 Å². The quantitative estimate of drug-likeness (QED) is 0.870. The summed E-state index contributed by atoms with van der Waals surface area (Å²) in [5.41, 5.74) is 1.44. The van der Waals surface area contributed by atoms with Crippen molar-refractivity contribution < 1.29 is 19.4 Å². The number of halogens is 1. The van der Waals surface area contributed by atoms with Crippen LogP contribution in [-0.2, 0) is 9.53 Å². The molecule has 0 bridgehead atoms. The average molecular weight is 366 g/mol. The van der Waals surface area contributed by atoms with Gasteiger partial charge in [-0.15, -0.1) is 0 Å². The van der Waals surface area contributed by atoms with Crippen LogP contribution in [-0.4, -0.2) is 64.7 Å². The number of carboxylic acids is 1. The first-order valence-electron chi connectivity index (χ1n) is 8.17. The van der Waals surface area contributed by atoms with Gasteiger partial charge in [-0.3, -0.25) is 9.69 Å². The monoisotopic (exact) mass is 365 g/mol. The highest BCUT2D eigenvalue weighted by Crippen LogP contribution is 2.33. The Bertz CT molecular complexity index is 783. The van der Waals surface area contributed by atoms with Gasteiger partial charge in [-0.25, -0.2) is 4.79 Å². The predicted octanol–water partition coefficient (Wildman–Crippen LogP) is 2.72. The highest BCUT2D eigenvalue weighted by Gasteiger charge is 2.33. The number of carboxylic acid groups (broad SMARTS) is 1. The van der Waals surface area contributed by atoms with Gasteiger partial charge in [0.2, 0.25) is 0 Å². The second kappa shape index (κ2) is 7.33. The number of amides is 1. The number of aliphatic carboxylic acids is 1. The van der Waals surface area contributed by atoms with Gasteiger partial charge >= 0.3 is 12.1 Å². The Morgan fingerprint density at radius 1 is 1.32 bits per heavy atom. The zero-order valence-corrected chi connectivity index (χ0v) is 14.6. The minimum absolute atomic E-state index is 0.324. The van der Waals surface area contributed by atoms with Crippen molar-refractivity contribution in [2.24, 2.45) is 0 Å². The molecule has 1 amide bonds. The molecule has 1 atom stereocenters. The second-order valence-electron chi connectivity index (χ2n) is 5.87. The third-order valence-corrected chi connectivity index (χ3v) is 4.73. The zero-order valence-electron chi connectivity index (χ0n) is 13.9. The van der Waals surface area contributed by atoms with Crippen LogP contribution in [0.4, 0.5) is 4.79 Å². The number of hydrogen-bond acceptors (Lipinski definition) is 4. The molecule has 8 heteroatoms. The molecule has 1 aromatic carbocycles. The molecule has 2 aromatic rings. The van der Waals surface area contributed by atoms with Gasteiger partial charge in [0.15, 0.2) is 0 Å². The molecule has 0 unspecified atom stereocenters. The lowest BCUT2D eigenvalue weighted by atomic mass is 10.0. The van der Waals surface area contributed by atoms with Crippen LogP contribution in [0.2, 0.25) is 5.02 Å². The lowest BCUT2D eigenvalue weighted by molar-refractivity contribution is -0.144. The molecule has 0 radical (unpaired) electrons. The fourth-order valence-corrected chi connectivity index (χ4v) is 3.53. The zero-order chi connectivity index (χ0) is 18.0. The number of piperazine rings is 1. The van der Waals surface area contributed by atoms with Crippen LogP contribution in [0.1, 0.15) is 18.5 Å². The Hall–Kier alpha value is -2.25. The van der Waals surface area contributed by atoms with E-state index in [2.05, 4.69) is 4.98 Å². The molecule has 1 saturated heterocycles. The first kappa shape index (κ1) is 17.6. The van der Waals surface area contributed by atoms with Gasteiger partial charge in [0.1, 0.15) is 6.04 Å². The number of fused-ring (bicyclic) bond motifs is 1. The van der Waals surface area contributed by atoms with E-state index in [0.29, 0.717) is 43.4 Å². The normalized spacial score (nSPS) is 16.8. The molecular weight excluding hydrogens is 346 g/mol. The van der Waals surface area contributed by atoms with Gasteiger partial charge < -0.3 is 19.7 Å². The number of ether oxygens (including phenoxy) is 1. The molecule has 0 saturated carbocycles. The van der Waals surface area contributed by atoms with Crippen LogP contribution in [0.15, 0.2) is 24.4 Å². The van der Waals surface area contributed by atoms with Crippen LogP contribution in [0.5, 0.6) is 0 Å². The molecular formula is C17H20ClN3O4. The van der Waals surface area contributed by atoms with Gasteiger partial charge in [0, 0.05) is 48.8 Å². The van der Waals surface area contributed by atoms with Gasteiger partial charge in [-0.05, 0) is 19.1 Å². The van der Waals surface area contributed by atoms with E-state index in [9.17, 15) is 14.7 Å². The molecule has 1 aliphatic heterocycles. The number of carbonyl (C=O) groups is 2. The van der Waals surface area contributed by atoms with E-state index >= 15 is 0 Å². The number of nitrogens with one attached hydrogen (secondary N) is 1. The van der Waals surface area contributed by atoms with E-state index in [1.807, 2.05) is 17.0 Å². The summed E-state index contributed by atoms with van der Waals surface area (Å²) < 4.78 is 5.00. The van der Waals surface area contributed by atoms with Crippen molar-refractivity contribution in [3.05, 3.63) is 35.0 Å². The average Bonchev–Trinajstić information content (AvgIpc) is 3.01. The van der Waals surface area contributed by atoms with E-state index in [0.717, 1.165) is 10.9 Å². The standard InChI is InChI=1S/C17H20ClN3O4/c1-2-25-17(24)21-8-6-20(7-9-21)15(16(22)23)11-10-19-13-5-3-4-12(18)14(11)13/h3-5,10,15,19H,2,6-9H2,1H3,(H,22,23)/t15-/m0/s1. The SMILES string of the molecule is CCOC(=O)N1CCN([C@H](C(=O)O)c2c[nH]c3cccc(Cl)c23)CC1. The number of nitrogens with zero attached hydrogens (tertiary/aromatic N) is 2. The molecule has 2 heterocycles. The Morgan fingerprint density at radius 2 is 2.04 bits per heavy atom. The maximum absolute atomic E-state index is 12.0. The maximum atomic E-state index is 12.0. The van der Waals surface area contributed by atoms with Gasteiger partial charge in [0.05, 0.1) is 11.6 Å². The molecule has 7 nitrogen and oxygen atoms in total. The van der Waals surface area contributed by atoms with E-state index in [4.69, 9.17) is 16.3 Å². The summed E-state index contributed by atoms with van der Waals surface area (Å²) in [6, 6.07) is 4.61. The van der Waals surface area contributed by atoms with E-state index in [1.54, 1.807) is 24.1 Å². The van der Waals surface area contributed by atoms with Crippen LogP contribution in [0, 0.1) is 0 Å². The number of hydrogen-bond donors (Lipinski definition) is 2. The summed E-state index contributed by atoms with van der Waals surface area (Å²) in [7, 11) is 0. The predicted molar refractivity (Wildman–Crippen MR) is 93.9 cm³/mol. The summed E-state index contributed by atoms with van der Waals surface area (Å²) in [6.45, 7) is 3.84. The number of aromatic amines is 1. The Labute approximate surface area is 150 Å². The van der Waals surface area contributed by atoms with Crippen molar-refractivity contribution in [3.8, 4) is 0 Å². The minimum Gasteiger partial charge on any atom is -0.480 e. The highest BCUT2D eigenvalue weighted by atomic mass is 35.5. The molecule has 0 aliphatic carbocycles. The Morgan fingerprint density at radius 3 is 2.68 bits per heavy atom. The van der Waals surface area contributed by atoms with Crippen LogP contribution < -0.4 is 0 Å². The number of carbonyl (C=O) groups excluding carboxylic acids is 1. The summed E-state index contributed by atoms with van der Waals surface area (Å²) in [6.07, 6.45) is 1.34. The summed E-state index contributed by atoms with van der Waals surface area (Å²) in [5.74, 6) is -0.939. The molecule has 1 aromatic heterocycles. The third kappa shape index (κ3) is 3.43. The Kier molecular flexibility index (Phi) is 5.15. The maximum Gasteiger partial charge on any atom is 0.409 e. The fourth-order valence-electron chi connectivity index (χ4n) is 3.24. The minimum atomic E-state index is -0.939. The lowest BCUT2D eigenvalue weighted by Crippen LogP contribution is -2.51. The van der Waals surface area contributed by atoms with Crippen molar-refractivity contribution in [2.75, 3.05) is 32.8 Å². The van der Waals surface area contributed by atoms with Gasteiger partial charge in [0.25, 0.3) is 0 Å². The largest absolute Gasteiger partial charge is 0.480 e. The fraction of sp³-hybridized carbons (Fsp3) is 0.412. The smallest absolute Gasteiger partial charge is 0.409 e. The van der Waals surface area contributed by atoms with Crippen molar-refractivity contribution in [3.63, 3.8) is 0 Å². The number of H-pyrrole nitrogens is 1. The number of aromatic nitrogens is 1. The van der Waals surface area contributed by atoms with Crippen molar-refractivity contribution >= 4 is 34.6 Å². The second-order valence-corrected chi connectivity index (χ2v) is 6.28. The highest BCUT2D eigenvalue weighted by molar-refractivity contribution is 6.35. The first-order chi connectivity index (χ1) is 12.0. The van der Waals surface area contributed by atoms with E-state index < -0.39 is 12.0 Å². The molecule has 1 fully saturated rings. The van der Waals surface area contributed by atoms with E-state index in [-0.39, 0.29) is 6.09 Å². The molecule has 25 heavy (non-hydrogen) atoms. The van der Waals surface area contributed by atoms with Crippen molar-refractivity contribution in [2.45, 2.75) is 13.0 Å². The molecule has 0 spiro atoms. The van der Waals surface area contributed by atoms with Gasteiger partial charge in [-0.2, -0.15) is 0 Å². The van der Waals surface area contributed by atoms with Crippen LogP contribution >= 0.6 is 11.6 Å². The first-order valence-corrected chi connectivity index (χ1v) is 8.54. The molecule has 3 rings (SSSR count). The molecule has 134 valence electrons. The summed E-state index contributed by atoms with van der Waals surface area (Å²) >= 11 is 6.29. The third-order valence-electron chi connectivity index (χ3n) is 4.42. The van der Waals surface area contributed by atoms with Crippen molar-refractivity contribution in [1.29, 1.82) is 0 Å². The molecule has 1 aliphatic rings. The number of benzene rings is 1. The lowest BCUT2D eigenvalue weighted by Gasteiger charge is -2.37. The molecule has 2 N–H and O–H groups in total. The van der Waals surface area contributed by atoms with Crippen LogP contribution in [0.3, 0.4) is 0 Å². The summed E-state index contributed by atoms with van der Waals surface area (Å²) in [5, 5.41) is 11.0. The summed E-state index contributed by atoms with van der Waals surface area (Å²) in [4.78, 5) is 30.3.